The van der Waals surface area contributed by atoms with E-state index in [1.165, 1.54) is 0 Å². The second-order valence-electron chi connectivity index (χ2n) is 3.78. The lowest BCUT2D eigenvalue weighted by atomic mass is 10.2. The van der Waals surface area contributed by atoms with E-state index in [-0.39, 0.29) is 0 Å². The topological polar surface area (TPSA) is 33.6 Å². The first-order valence-electron chi connectivity index (χ1n) is 5.57. The normalized spacial score (nSPS) is 10.7. The van der Waals surface area contributed by atoms with Gasteiger partial charge in [-0.25, -0.2) is 0 Å². The van der Waals surface area contributed by atoms with Crippen LogP contribution in [0.3, 0.4) is 0 Å². The summed E-state index contributed by atoms with van der Waals surface area (Å²) in [5.74, 6) is 0.790. The van der Waals surface area contributed by atoms with Gasteiger partial charge in [0.05, 0.1) is 29.1 Å². The third-order valence-electron chi connectivity index (χ3n) is 2.42. The second kappa shape index (κ2) is 6.45. The van der Waals surface area contributed by atoms with Gasteiger partial charge in [0.15, 0.2) is 0 Å². The zero-order valence-corrected chi connectivity index (χ0v) is 11.7. The molecule has 0 aliphatic carbocycles. The first-order valence-corrected chi connectivity index (χ1v) is 6.33. The van der Waals surface area contributed by atoms with Gasteiger partial charge in [-0.15, -0.1) is 0 Å². The zero-order valence-electron chi connectivity index (χ0n) is 10.2. The smallest absolute Gasteiger partial charge is 0.119 e. The van der Waals surface area contributed by atoms with E-state index in [4.69, 9.17) is 27.9 Å². The average Bonchev–Trinajstić information content (AvgIpc) is 2.43. The van der Waals surface area contributed by atoms with Crippen LogP contribution in [-0.4, -0.2) is 13.3 Å². The van der Waals surface area contributed by atoms with Crippen molar-refractivity contribution < 1.29 is 4.74 Å². The molecule has 0 heterocycles. The molecule has 0 unspecified atom stereocenters. The van der Waals surface area contributed by atoms with Crippen LogP contribution in [0.15, 0.2) is 47.6 Å². The molecule has 0 saturated carbocycles. The van der Waals surface area contributed by atoms with E-state index in [1.54, 1.807) is 31.5 Å². The highest BCUT2D eigenvalue weighted by atomic mass is 35.5. The summed E-state index contributed by atoms with van der Waals surface area (Å²) in [4.78, 5) is 0. The highest BCUT2D eigenvalue weighted by Gasteiger charge is 1.98. The van der Waals surface area contributed by atoms with Crippen molar-refractivity contribution in [3.05, 3.63) is 58.1 Å². The lowest BCUT2D eigenvalue weighted by Gasteiger charge is -2.02. The van der Waals surface area contributed by atoms with E-state index < -0.39 is 0 Å². The molecule has 2 rings (SSSR count). The Morgan fingerprint density at radius 1 is 1.11 bits per heavy atom. The molecule has 5 heteroatoms. The van der Waals surface area contributed by atoms with Gasteiger partial charge in [0.2, 0.25) is 0 Å². The minimum Gasteiger partial charge on any atom is -0.497 e. The fourth-order valence-corrected chi connectivity index (χ4v) is 1.77. The SMILES string of the molecule is COc1cccc(/C=N\Nc2ccc(Cl)c(Cl)c2)c1. The van der Waals surface area contributed by atoms with Crippen molar-refractivity contribution in [3.8, 4) is 5.75 Å². The molecule has 1 N–H and O–H groups in total. The third-order valence-corrected chi connectivity index (χ3v) is 3.16. The number of nitrogens with one attached hydrogen (secondary N) is 1. The molecule has 0 aliphatic heterocycles. The number of ether oxygens (including phenoxy) is 1. The van der Waals surface area contributed by atoms with Gasteiger partial charge in [0.25, 0.3) is 0 Å². The van der Waals surface area contributed by atoms with Gasteiger partial charge in [0.1, 0.15) is 5.75 Å². The molecule has 3 nitrogen and oxygen atoms in total. The van der Waals surface area contributed by atoms with Crippen LogP contribution < -0.4 is 10.2 Å². The van der Waals surface area contributed by atoms with Crippen LogP contribution in [0.25, 0.3) is 0 Å². The van der Waals surface area contributed by atoms with Gasteiger partial charge in [-0.05, 0) is 35.9 Å². The summed E-state index contributed by atoms with van der Waals surface area (Å²) in [5, 5.41) is 5.13. The maximum Gasteiger partial charge on any atom is 0.119 e. The Labute approximate surface area is 121 Å². The molecule has 98 valence electrons. The monoisotopic (exact) mass is 294 g/mol. The number of halogens is 2. The number of hydrogen-bond acceptors (Lipinski definition) is 3. The lowest BCUT2D eigenvalue weighted by molar-refractivity contribution is 0.415. The Balaban J connectivity index is 2.04. The number of methoxy groups -OCH3 is 1. The predicted octanol–water partition coefficient (Wildman–Crippen LogP) is 4.45. The molecule has 2 aromatic rings. The van der Waals surface area contributed by atoms with E-state index in [0.717, 1.165) is 17.0 Å². The molecule has 0 amide bonds. The molecule has 0 saturated heterocycles. The van der Waals surface area contributed by atoms with Crippen LogP contribution >= 0.6 is 23.2 Å². The van der Waals surface area contributed by atoms with E-state index in [9.17, 15) is 0 Å². The van der Waals surface area contributed by atoms with Crippen molar-refractivity contribution in [1.29, 1.82) is 0 Å². The number of hydrazone groups is 1. The van der Waals surface area contributed by atoms with Crippen molar-refractivity contribution >= 4 is 35.1 Å². The largest absolute Gasteiger partial charge is 0.497 e. The first kappa shape index (κ1) is 13.7. The van der Waals surface area contributed by atoms with E-state index in [2.05, 4.69) is 10.5 Å². The minimum atomic E-state index is 0.489. The highest BCUT2D eigenvalue weighted by Crippen LogP contribution is 2.24. The third kappa shape index (κ3) is 3.88. The van der Waals surface area contributed by atoms with Crippen LogP contribution in [0.5, 0.6) is 5.75 Å². The van der Waals surface area contributed by atoms with Crippen molar-refractivity contribution in [2.75, 3.05) is 12.5 Å². The summed E-state index contributed by atoms with van der Waals surface area (Å²) in [7, 11) is 1.63. The van der Waals surface area contributed by atoms with Crippen molar-refractivity contribution in [1.82, 2.24) is 0 Å². The van der Waals surface area contributed by atoms with Gasteiger partial charge in [0, 0.05) is 0 Å². The number of rotatable bonds is 4. The van der Waals surface area contributed by atoms with Gasteiger partial charge in [-0.3, -0.25) is 5.43 Å². The fourth-order valence-electron chi connectivity index (χ4n) is 1.47. The molecule has 0 bridgehead atoms. The Morgan fingerprint density at radius 2 is 1.95 bits per heavy atom. The molecule has 19 heavy (non-hydrogen) atoms. The Bertz CT molecular complexity index is 600. The summed E-state index contributed by atoms with van der Waals surface area (Å²) < 4.78 is 5.13. The Kier molecular flexibility index (Phi) is 4.66. The predicted molar refractivity (Wildman–Crippen MR) is 80.7 cm³/mol. The standard InChI is InChI=1S/C14H12Cl2N2O/c1-19-12-4-2-3-10(7-12)9-17-18-11-5-6-13(15)14(16)8-11/h2-9,18H,1H3/b17-9-. The lowest BCUT2D eigenvalue weighted by Crippen LogP contribution is -1.91. The van der Waals surface area contributed by atoms with Gasteiger partial charge < -0.3 is 4.74 Å². The molecule has 0 spiro atoms. The van der Waals surface area contributed by atoms with Crippen molar-refractivity contribution in [2.45, 2.75) is 0 Å². The maximum atomic E-state index is 5.91. The van der Waals surface area contributed by atoms with Crippen LogP contribution in [0.4, 0.5) is 5.69 Å². The van der Waals surface area contributed by atoms with Gasteiger partial charge >= 0.3 is 0 Å². The zero-order chi connectivity index (χ0) is 13.7. The quantitative estimate of drug-likeness (QED) is 0.668. The maximum absolute atomic E-state index is 5.91. The Hall–Kier alpha value is -1.71. The summed E-state index contributed by atoms with van der Waals surface area (Å²) in [6, 6.07) is 12.8. The molecule has 0 aromatic heterocycles. The average molecular weight is 295 g/mol. The molecule has 2 aromatic carbocycles. The molecule has 0 atom stereocenters. The summed E-state index contributed by atoms with van der Waals surface area (Å²) in [5.41, 5.74) is 4.59. The number of nitrogens with zero attached hydrogens (tertiary/aromatic N) is 1. The molecule has 0 aliphatic rings. The highest BCUT2D eigenvalue weighted by molar-refractivity contribution is 6.42. The van der Waals surface area contributed by atoms with Gasteiger partial charge in [-0.2, -0.15) is 5.10 Å². The van der Waals surface area contributed by atoms with Crippen LogP contribution in [0.2, 0.25) is 10.0 Å². The fraction of sp³-hybridized carbons (Fsp3) is 0.0714. The molecular weight excluding hydrogens is 283 g/mol. The van der Waals surface area contributed by atoms with Crippen LogP contribution in [0, 0.1) is 0 Å². The van der Waals surface area contributed by atoms with Crippen molar-refractivity contribution in [2.24, 2.45) is 5.10 Å². The second-order valence-corrected chi connectivity index (χ2v) is 4.59. The number of hydrogen-bond donors (Lipinski definition) is 1. The Morgan fingerprint density at radius 3 is 2.68 bits per heavy atom. The summed E-state index contributed by atoms with van der Waals surface area (Å²) >= 11 is 11.7. The van der Waals surface area contributed by atoms with Gasteiger partial charge in [-0.1, -0.05) is 35.3 Å². The summed E-state index contributed by atoms with van der Waals surface area (Å²) in [6.45, 7) is 0. The first-order chi connectivity index (χ1) is 9.19. The summed E-state index contributed by atoms with van der Waals surface area (Å²) in [6.07, 6.45) is 1.70. The van der Waals surface area contributed by atoms with Crippen LogP contribution in [0.1, 0.15) is 5.56 Å². The molecule has 0 radical (unpaired) electrons. The van der Waals surface area contributed by atoms with E-state index in [0.29, 0.717) is 10.0 Å². The van der Waals surface area contributed by atoms with E-state index in [1.807, 2.05) is 24.3 Å². The van der Waals surface area contributed by atoms with E-state index >= 15 is 0 Å². The van der Waals surface area contributed by atoms with Crippen LogP contribution in [-0.2, 0) is 0 Å². The molecule has 0 fully saturated rings. The van der Waals surface area contributed by atoms with Crippen molar-refractivity contribution in [3.63, 3.8) is 0 Å². The minimum absolute atomic E-state index is 0.489. The number of anilines is 1. The number of benzene rings is 2. The molecular formula is C14H12Cl2N2O.